The first-order chi connectivity index (χ1) is 8.27. The van der Waals surface area contributed by atoms with Crippen molar-refractivity contribution in [2.45, 2.75) is 13.2 Å². The van der Waals surface area contributed by atoms with E-state index in [1.54, 1.807) is 36.7 Å². The molecule has 2 N–H and O–H groups in total. The number of ether oxygens (including phenoxy) is 1. The second-order valence-corrected chi connectivity index (χ2v) is 3.54. The molecule has 0 aromatic carbocycles. The SMILES string of the molecule is O=c1[nH]cccc1COCc1ccc[nH]c1=O. The minimum absolute atomic E-state index is 0.172. The number of hydrogen-bond acceptors (Lipinski definition) is 3. The standard InChI is InChI=1S/C12H12N2O3/c15-11-9(3-1-5-13-11)7-17-8-10-4-2-6-14-12(10)16/h1-6H,7-8H2,(H,13,15)(H,14,16). The molecule has 5 heteroatoms. The highest BCUT2D eigenvalue weighted by atomic mass is 16.5. The van der Waals surface area contributed by atoms with Crippen LogP contribution in [0.15, 0.2) is 46.2 Å². The molecule has 5 nitrogen and oxygen atoms in total. The molecule has 0 amide bonds. The molecule has 0 bridgehead atoms. The van der Waals surface area contributed by atoms with Gasteiger partial charge in [-0.25, -0.2) is 0 Å². The van der Waals surface area contributed by atoms with E-state index in [-0.39, 0.29) is 24.3 Å². The third-order valence-electron chi connectivity index (χ3n) is 2.31. The normalized spacial score (nSPS) is 10.4. The molecular weight excluding hydrogens is 220 g/mol. The smallest absolute Gasteiger partial charge is 0.253 e. The summed E-state index contributed by atoms with van der Waals surface area (Å²) in [5, 5.41) is 0. The fourth-order valence-electron chi connectivity index (χ4n) is 1.41. The molecule has 0 spiro atoms. The van der Waals surface area contributed by atoms with Crippen LogP contribution in [-0.4, -0.2) is 9.97 Å². The van der Waals surface area contributed by atoms with Gasteiger partial charge < -0.3 is 14.7 Å². The number of H-pyrrole nitrogens is 2. The van der Waals surface area contributed by atoms with E-state index in [2.05, 4.69) is 9.97 Å². The fourth-order valence-corrected chi connectivity index (χ4v) is 1.41. The molecule has 0 atom stereocenters. The van der Waals surface area contributed by atoms with Crippen LogP contribution in [0.5, 0.6) is 0 Å². The second kappa shape index (κ2) is 5.27. The summed E-state index contributed by atoms with van der Waals surface area (Å²) in [6.45, 7) is 0.370. The lowest BCUT2D eigenvalue weighted by molar-refractivity contribution is 0.105. The molecular formula is C12H12N2O3. The van der Waals surface area contributed by atoms with E-state index in [0.29, 0.717) is 11.1 Å². The quantitative estimate of drug-likeness (QED) is 0.818. The molecule has 0 unspecified atom stereocenters. The van der Waals surface area contributed by atoms with Crippen LogP contribution in [0.2, 0.25) is 0 Å². The first kappa shape index (κ1) is 11.3. The van der Waals surface area contributed by atoms with Crippen molar-refractivity contribution in [3.05, 3.63) is 68.5 Å². The fraction of sp³-hybridized carbons (Fsp3) is 0.167. The van der Waals surface area contributed by atoms with Gasteiger partial charge in [0.15, 0.2) is 0 Å². The Hall–Kier alpha value is -2.14. The maximum absolute atomic E-state index is 11.3. The Kier molecular flexibility index (Phi) is 3.52. The maximum atomic E-state index is 11.3. The Balaban J connectivity index is 1.97. The summed E-state index contributed by atoms with van der Waals surface area (Å²) in [5.74, 6) is 0. The Morgan fingerprint density at radius 1 is 0.882 bits per heavy atom. The number of aromatic amines is 2. The molecule has 0 radical (unpaired) electrons. The maximum Gasteiger partial charge on any atom is 0.253 e. The van der Waals surface area contributed by atoms with Crippen LogP contribution in [0.25, 0.3) is 0 Å². The van der Waals surface area contributed by atoms with Crippen molar-refractivity contribution < 1.29 is 4.74 Å². The molecule has 2 heterocycles. The van der Waals surface area contributed by atoms with Crippen LogP contribution < -0.4 is 11.1 Å². The van der Waals surface area contributed by atoms with Crippen LogP contribution in [0.3, 0.4) is 0 Å². The average molecular weight is 232 g/mol. The van der Waals surface area contributed by atoms with Crippen LogP contribution in [0.1, 0.15) is 11.1 Å². The first-order valence-corrected chi connectivity index (χ1v) is 5.18. The van der Waals surface area contributed by atoms with Crippen LogP contribution in [-0.2, 0) is 18.0 Å². The second-order valence-electron chi connectivity index (χ2n) is 3.54. The zero-order valence-corrected chi connectivity index (χ0v) is 9.10. The zero-order valence-electron chi connectivity index (χ0n) is 9.10. The highest BCUT2D eigenvalue weighted by Gasteiger charge is 2.01. The van der Waals surface area contributed by atoms with Gasteiger partial charge in [-0.15, -0.1) is 0 Å². The molecule has 2 rings (SSSR count). The van der Waals surface area contributed by atoms with E-state index >= 15 is 0 Å². The molecule has 0 fully saturated rings. The zero-order chi connectivity index (χ0) is 12.1. The predicted octanol–water partition coefficient (Wildman–Crippen LogP) is 0.780. The Labute approximate surface area is 97.1 Å². The minimum atomic E-state index is -0.172. The molecule has 0 aliphatic carbocycles. The largest absolute Gasteiger partial charge is 0.372 e. The van der Waals surface area contributed by atoms with E-state index in [1.165, 1.54) is 0 Å². The van der Waals surface area contributed by atoms with Gasteiger partial charge in [0.2, 0.25) is 0 Å². The molecule has 88 valence electrons. The van der Waals surface area contributed by atoms with Crippen molar-refractivity contribution in [1.82, 2.24) is 9.97 Å². The number of aromatic nitrogens is 2. The highest BCUT2D eigenvalue weighted by Crippen LogP contribution is 1.98. The number of rotatable bonds is 4. The summed E-state index contributed by atoms with van der Waals surface area (Å²) in [6, 6.07) is 6.84. The Bertz CT molecular complexity index is 547. The van der Waals surface area contributed by atoms with E-state index < -0.39 is 0 Å². The molecule has 0 saturated heterocycles. The highest BCUT2D eigenvalue weighted by molar-refractivity contribution is 5.09. The van der Waals surface area contributed by atoms with Crippen molar-refractivity contribution in [1.29, 1.82) is 0 Å². The summed E-state index contributed by atoms with van der Waals surface area (Å²) in [7, 11) is 0. The number of nitrogens with one attached hydrogen (secondary N) is 2. The van der Waals surface area contributed by atoms with E-state index in [0.717, 1.165) is 0 Å². The van der Waals surface area contributed by atoms with Gasteiger partial charge in [0.1, 0.15) is 0 Å². The molecule has 0 saturated carbocycles. The Morgan fingerprint density at radius 2 is 1.35 bits per heavy atom. The third kappa shape index (κ3) is 2.92. The van der Waals surface area contributed by atoms with Crippen LogP contribution >= 0.6 is 0 Å². The van der Waals surface area contributed by atoms with E-state index in [4.69, 9.17) is 4.74 Å². The van der Waals surface area contributed by atoms with Gasteiger partial charge in [-0.05, 0) is 24.3 Å². The van der Waals surface area contributed by atoms with Crippen molar-refractivity contribution in [3.63, 3.8) is 0 Å². The number of hydrogen-bond donors (Lipinski definition) is 2. The van der Waals surface area contributed by atoms with Gasteiger partial charge in [0.25, 0.3) is 11.1 Å². The lowest BCUT2D eigenvalue weighted by atomic mass is 10.3. The first-order valence-electron chi connectivity index (χ1n) is 5.18. The molecule has 17 heavy (non-hydrogen) atoms. The van der Waals surface area contributed by atoms with Crippen molar-refractivity contribution in [2.75, 3.05) is 0 Å². The molecule has 2 aromatic heterocycles. The lowest BCUT2D eigenvalue weighted by Crippen LogP contribution is -2.15. The van der Waals surface area contributed by atoms with Crippen molar-refractivity contribution in [2.24, 2.45) is 0 Å². The van der Waals surface area contributed by atoms with Gasteiger partial charge in [0, 0.05) is 23.5 Å². The van der Waals surface area contributed by atoms with Gasteiger partial charge in [-0.1, -0.05) is 0 Å². The Morgan fingerprint density at radius 3 is 1.76 bits per heavy atom. The number of pyridine rings is 2. The average Bonchev–Trinajstić information content (AvgIpc) is 2.34. The molecule has 0 aliphatic rings. The summed E-state index contributed by atoms with van der Waals surface area (Å²) in [4.78, 5) is 27.8. The third-order valence-corrected chi connectivity index (χ3v) is 2.31. The molecule has 2 aromatic rings. The summed E-state index contributed by atoms with van der Waals surface area (Å²) < 4.78 is 5.33. The lowest BCUT2D eigenvalue weighted by Gasteiger charge is -2.02. The van der Waals surface area contributed by atoms with Gasteiger partial charge in [-0.3, -0.25) is 9.59 Å². The van der Waals surface area contributed by atoms with Crippen LogP contribution in [0, 0.1) is 0 Å². The van der Waals surface area contributed by atoms with Gasteiger partial charge >= 0.3 is 0 Å². The predicted molar refractivity (Wildman–Crippen MR) is 62.6 cm³/mol. The van der Waals surface area contributed by atoms with Gasteiger partial charge in [-0.2, -0.15) is 0 Å². The molecule has 0 aliphatic heterocycles. The monoisotopic (exact) mass is 232 g/mol. The topological polar surface area (TPSA) is 75.0 Å². The van der Waals surface area contributed by atoms with Gasteiger partial charge in [0.05, 0.1) is 13.2 Å². The summed E-state index contributed by atoms with van der Waals surface area (Å²) >= 11 is 0. The van der Waals surface area contributed by atoms with E-state index in [1.807, 2.05) is 0 Å². The van der Waals surface area contributed by atoms with E-state index in [9.17, 15) is 9.59 Å². The minimum Gasteiger partial charge on any atom is -0.372 e. The van der Waals surface area contributed by atoms with Crippen molar-refractivity contribution in [3.8, 4) is 0 Å². The summed E-state index contributed by atoms with van der Waals surface area (Å²) in [5.41, 5.74) is 0.740. The van der Waals surface area contributed by atoms with Crippen LogP contribution in [0.4, 0.5) is 0 Å². The van der Waals surface area contributed by atoms with Crippen molar-refractivity contribution >= 4 is 0 Å². The summed E-state index contributed by atoms with van der Waals surface area (Å²) in [6.07, 6.45) is 3.13.